The first kappa shape index (κ1) is 9.71. The smallest absolute Gasteiger partial charge is 0.222 e. The van der Waals surface area contributed by atoms with Gasteiger partial charge in [0.15, 0.2) is 0 Å². The van der Waals surface area contributed by atoms with Gasteiger partial charge in [-0.05, 0) is 30.7 Å². The zero-order valence-electron chi connectivity index (χ0n) is 8.40. The molecule has 1 aromatic rings. The van der Waals surface area contributed by atoms with Crippen LogP contribution in [0.2, 0.25) is 0 Å². The van der Waals surface area contributed by atoms with E-state index in [-0.39, 0.29) is 0 Å². The molecule has 0 N–H and O–H groups in total. The van der Waals surface area contributed by atoms with Gasteiger partial charge in [-0.2, -0.15) is 0 Å². The molecule has 0 bridgehead atoms. The van der Waals surface area contributed by atoms with Gasteiger partial charge in [0.2, 0.25) is 5.91 Å². The predicted molar refractivity (Wildman–Crippen MR) is 58.4 cm³/mol. The Hall–Kier alpha value is -0.830. The van der Waals surface area contributed by atoms with E-state index >= 15 is 0 Å². The van der Waals surface area contributed by atoms with E-state index < -0.39 is 0 Å². The lowest BCUT2D eigenvalue weighted by Gasteiger charge is -2.15. The molecule has 1 saturated carbocycles. The van der Waals surface area contributed by atoms with Crippen LogP contribution < -0.4 is 0 Å². The standard InChI is InChI=1S/C11H15NOS/c1-12(9-4-5-9)11(13)7-6-10-3-2-8-14-10/h2-3,8-9H,4-7H2,1H3. The lowest BCUT2D eigenvalue weighted by Crippen LogP contribution is -2.28. The van der Waals surface area contributed by atoms with Gasteiger partial charge in [0, 0.05) is 24.4 Å². The monoisotopic (exact) mass is 209 g/mol. The second-order valence-electron chi connectivity index (χ2n) is 3.82. The molecular weight excluding hydrogens is 194 g/mol. The van der Waals surface area contributed by atoms with Crippen molar-refractivity contribution in [1.82, 2.24) is 4.90 Å². The van der Waals surface area contributed by atoms with Crippen LogP contribution in [-0.4, -0.2) is 23.9 Å². The van der Waals surface area contributed by atoms with Crippen molar-refractivity contribution in [1.29, 1.82) is 0 Å². The van der Waals surface area contributed by atoms with E-state index in [2.05, 4.69) is 11.4 Å². The number of aryl methyl sites for hydroxylation is 1. The fraction of sp³-hybridized carbons (Fsp3) is 0.545. The van der Waals surface area contributed by atoms with Crippen molar-refractivity contribution in [2.75, 3.05) is 7.05 Å². The van der Waals surface area contributed by atoms with Crippen LogP contribution in [0.15, 0.2) is 17.5 Å². The van der Waals surface area contributed by atoms with Gasteiger partial charge in [-0.1, -0.05) is 6.07 Å². The molecule has 1 aromatic heterocycles. The lowest BCUT2D eigenvalue weighted by molar-refractivity contribution is -0.130. The summed E-state index contributed by atoms with van der Waals surface area (Å²) < 4.78 is 0. The van der Waals surface area contributed by atoms with Crippen molar-refractivity contribution < 1.29 is 4.79 Å². The van der Waals surface area contributed by atoms with Gasteiger partial charge >= 0.3 is 0 Å². The predicted octanol–water partition coefficient (Wildman–Crippen LogP) is 2.30. The Morgan fingerprint density at radius 2 is 2.43 bits per heavy atom. The van der Waals surface area contributed by atoms with E-state index in [1.54, 1.807) is 11.3 Å². The van der Waals surface area contributed by atoms with Crippen molar-refractivity contribution in [3.63, 3.8) is 0 Å². The molecule has 0 aliphatic heterocycles. The third-order valence-corrected chi connectivity index (χ3v) is 3.59. The Morgan fingerprint density at radius 1 is 1.64 bits per heavy atom. The first-order valence-electron chi connectivity index (χ1n) is 5.05. The molecule has 0 radical (unpaired) electrons. The molecule has 76 valence electrons. The average molecular weight is 209 g/mol. The van der Waals surface area contributed by atoms with Gasteiger partial charge in [-0.15, -0.1) is 11.3 Å². The Labute approximate surface area is 88.5 Å². The van der Waals surface area contributed by atoms with E-state index in [9.17, 15) is 4.79 Å². The number of rotatable bonds is 4. The summed E-state index contributed by atoms with van der Waals surface area (Å²) in [5.74, 6) is 0.293. The van der Waals surface area contributed by atoms with Crippen LogP contribution in [0.25, 0.3) is 0 Å². The van der Waals surface area contributed by atoms with Crippen LogP contribution >= 0.6 is 11.3 Å². The number of thiophene rings is 1. The van der Waals surface area contributed by atoms with Crippen molar-refractivity contribution in [3.05, 3.63) is 22.4 Å². The summed E-state index contributed by atoms with van der Waals surface area (Å²) >= 11 is 1.73. The summed E-state index contributed by atoms with van der Waals surface area (Å²) in [6.07, 6.45) is 3.95. The van der Waals surface area contributed by atoms with Gasteiger partial charge in [-0.25, -0.2) is 0 Å². The van der Waals surface area contributed by atoms with Gasteiger partial charge in [0.05, 0.1) is 0 Å². The number of carbonyl (C=O) groups is 1. The summed E-state index contributed by atoms with van der Waals surface area (Å²) in [6, 6.07) is 4.68. The Bertz CT molecular complexity index is 303. The minimum atomic E-state index is 0.293. The highest BCUT2D eigenvalue weighted by molar-refractivity contribution is 7.09. The molecule has 1 heterocycles. The zero-order valence-corrected chi connectivity index (χ0v) is 9.22. The molecule has 14 heavy (non-hydrogen) atoms. The highest BCUT2D eigenvalue weighted by atomic mass is 32.1. The number of nitrogens with zero attached hydrogens (tertiary/aromatic N) is 1. The van der Waals surface area contributed by atoms with Gasteiger partial charge < -0.3 is 4.90 Å². The van der Waals surface area contributed by atoms with E-state index in [4.69, 9.17) is 0 Å². The van der Waals surface area contributed by atoms with Crippen LogP contribution in [0.5, 0.6) is 0 Å². The van der Waals surface area contributed by atoms with E-state index in [0.717, 1.165) is 6.42 Å². The molecule has 0 spiro atoms. The fourth-order valence-electron chi connectivity index (χ4n) is 1.53. The van der Waals surface area contributed by atoms with Crippen LogP contribution in [0.3, 0.4) is 0 Å². The SMILES string of the molecule is CN(C(=O)CCc1cccs1)C1CC1. The van der Waals surface area contributed by atoms with Gasteiger partial charge in [0.25, 0.3) is 0 Å². The summed E-state index contributed by atoms with van der Waals surface area (Å²) in [7, 11) is 1.93. The number of hydrogen-bond acceptors (Lipinski definition) is 2. The molecule has 2 nitrogen and oxygen atoms in total. The largest absolute Gasteiger partial charge is 0.343 e. The molecule has 0 unspecified atom stereocenters. The van der Waals surface area contributed by atoms with Crippen molar-refractivity contribution in [3.8, 4) is 0 Å². The highest BCUT2D eigenvalue weighted by Gasteiger charge is 2.28. The second-order valence-corrected chi connectivity index (χ2v) is 4.85. The van der Waals surface area contributed by atoms with Gasteiger partial charge in [0.1, 0.15) is 0 Å². The molecular formula is C11H15NOS. The minimum absolute atomic E-state index is 0.293. The maximum absolute atomic E-state index is 11.7. The van der Waals surface area contributed by atoms with Crippen molar-refractivity contribution >= 4 is 17.2 Å². The Balaban J connectivity index is 1.77. The molecule has 0 aromatic carbocycles. The molecule has 3 heteroatoms. The normalized spacial score (nSPS) is 15.5. The first-order chi connectivity index (χ1) is 6.77. The third kappa shape index (κ3) is 2.35. The van der Waals surface area contributed by atoms with E-state index in [1.807, 2.05) is 18.0 Å². The van der Waals surface area contributed by atoms with Crippen LogP contribution in [0.4, 0.5) is 0 Å². The van der Waals surface area contributed by atoms with Crippen molar-refractivity contribution in [2.24, 2.45) is 0 Å². The van der Waals surface area contributed by atoms with Crippen LogP contribution in [0, 0.1) is 0 Å². The quantitative estimate of drug-likeness (QED) is 0.745. The second kappa shape index (κ2) is 4.13. The first-order valence-corrected chi connectivity index (χ1v) is 5.93. The van der Waals surface area contributed by atoms with Gasteiger partial charge in [-0.3, -0.25) is 4.79 Å². The zero-order chi connectivity index (χ0) is 9.97. The lowest BCUT2D eigenvalue weighted by atomic mass is 10.2. The molecule has 0 atom stereocenters. The average Bonchev–Trinajstić information content (AvgIpc) is 2.91. The minimum Gasteiger partial charge on any atom is -0.343 e. The third-order valence-electron chi connectivity index (χ3n) is 2.65. The van der Waals surface area contributed by atoms with Crippen LogP contribution in [-0.2, 0) is 11.2 Å². The number of amides is 1. The highest BCUT2D eigenvalue weighted by Crippen LogP contribution is 2.26. The van der Waals surface area contributed by atoms with E-state index in [0.29, 0.717) is 18.4 Å². The molecule has 2 rings (SSSR count). The topological polar surface area (TPSA) is 20.3 Å². The maximum atomic E-state index is 11.7. The molecule has 1 aliphatic carbocycles. The maximum Gasteiger partial charge on any atom is 0.222 e. The van der Waals surface area contributed by atoms with E-state index in [1.165, 1.54) is 17.7 Å². The Kier molecular flexibility index (Phi) is 2.87. The molecule has 0 saturated heterocycles. The van der Waals surface area contributed by atoms with Crippen LogP contribution in [0.1, 0.15) is 24.1 Å². The fourth-order valence-corrected chi connectivity index (χ4v) is 2.24. The molecule has 1 fully saturated rings. The number of hydrogen-bond donors (Lipinski definition) is 0. The summed E-state index contributed by atoms with van der Waals surface area (Å²) in [6.45, 7) is 0. The van der Waals surface area contributed by atoms with Crippen molar-refractivity contribution in [2.45, 2.75) is 31.7 Å². The Morgan fingerprint density at radius 3 is 3.00 bits per heavy atom. The number of carbonyl (C=O) groups excluding carboxylic acids is 1. The summed E-state index contributed by atoms with van der Waals surface area (Å²) in [4.78, 5) is 14.9. The molecule has 1 aliphatic rings. The molecule has 1 amide bonds. The summed E-state index contributed by atoms with van der Waals surface area (Å²) in [5, 5.41) is 2.06. The summed E-state index contributed by atoms with van der Waals surface area (Å²) in [5.41, 5.74) is 0.